The highest BCUT2D eigenvalue weighted by molar-refractivity contribution is 7.98. The Morgan fingerprint density at radius 1 is 1.23 bits per heavy atom. The zero-order valence-electron chi connectivity index (χ0n) is 16.1. The van der Waals surface area contributed by atoms with Gasteiger partial charge in [-0.3, -0.25) is 4.79 Å². The van der Waals surface area contributed by atoms with Crippen molar-refractivity contribution >= 4 is 29.3 Å². The van der Waals surface area contributed by atoms with E-state index >= 15 is 0 Å². The van der Waals surface area contributed by atoms with E-state index in [4.69, 9.17) is 16.3 Å². The van der Waals surface area contributed by atoms with E-state index in [1.165, 1.54) is 11.8 Å². The summed E-state index contributed by atoms with van der Waals surface area (Å²) in [5.41, 5.74) is 1.78. The molecule has 1 N–H and O–H groups in total. The third-order valence-corrected chi connectivity index (χ3v) is 5.55. The quantitative estimate of drug-likeness (QED) is 0.337. The largest absolute Gasteiger partial charge is 0.486 e. The van der Waals surface area contributed by atoms with E-state index < -0.39 is 35.0 Å². The maximum Gasteiger partial charge on any atom is 0.254 e. The first-order valence-corrected chi connectivity index (χ1v) is 10.7. The summed E-state index contributed by atoms with van der Waals surface area (Å²) in [4.78, 5) is 20.8. The number of aromatic nitrogens is 2. The molecule has 0 radical (unpaired) electrons. The van der Waals surface area contributed by atoms with Crippen LogP contribution in [-0.4, -0.2) is 34.8 Å². The van der Waals surface area contributed by atoms with Crippen molar-refractivity contribution < 1.29 is 22.7 Å². The lowest BCUT2D eigenvalue weighted by atomic mass is 10.0. The average Bonchev–Trinajstić information content (AvgIpc) is 3.18. The molecule has 1 aliphatic rings. The number of fused-ring (bicyclic) bond motifs is 1. The molecule has 5 nitrogen and oxygen atoms in total. The van der Waals surface area contributed by atoms with Crippen LogP contribution < -0.4 is 10.1 Å². The molecule has 0 aliphatic carbocycles. The predicted octanol–water partition coefficient (Wildman–Crippen LogP) is 4.67. The van der Waals surface area contributed by atoms with Gasteiger partial charge in [-0.2, -0.15) is 0 Å². The third-order valence-electron chi connectivity index (χ3n) is 4.71. The lowest BCUT2D eigenvalue weighted by molar-refractivity contribution is 0.0929. The Labute approximate surface area is 185 Å². The summed E-state index contributed by atoms with van der Waals surface area (Å²) in [6, 6.07) is 6.29. The Kier molecular flexibility index (Phi) is 6.06. The highest BCUT2D eigenvalue weighted by Crippen LogP contribution is 2.39. The normalized spacial score (nSPS) is 14.8. The molecule has 4 rings (SSSR count). The molecule has 10 heteroatoms. The van der Waals surface area contributed by atoms with Gasteiger partial charge in [0, 0.05) is 29.8 Å². The van der Waals surface area contributed by atoms with E-state index in [1.54, 1.807) is 18.3 Å². The van der Waals surface area contributed by atoms with Gasteiger partial charge in [0.15, 0.2) is 16.8 Å². The number of benzene rings is 2. The standard InChI is InChI=1S/C21H15ClF3N3O2S/c1-31-21-26-3-2-18(28-21)10-4-11-5-12(30-19(11)14(22)6-10)9-27-20(29)13-7-16(24)17(25)8-15(13)23/h2-4,6-8,12H,5,9H2,1H3,(H,27,29). The topological polar surface area (TPSA) is 64.1 Å². The second-order valence-corrected chi connectivity index (χ2v) is 7.96. The van der Waals surface area contributed by atoms with Crippen LogP contribution in [0, 0.1) is 17.5 Å². The number of amides is 1. The average molecular weight is 466 g/mol. The fourth-order valence-corrected chi connectivity index (χ4v) is 3.89. The molecule has 2 heterocycles. The summed E-state index contributed by atoms with van der Waals surface area (Å²) < 4.78 is 46.0. The van der Waals surface area contributed by atoms with Gasteiger partial charge in [0.05, 0.1) is 22.8 Å². The smallest absolute Gasteiger partial charge is 0.254 e. The molecule has 3 aromatic rings. The van der Waals surface area contributed by atoms with E-state index in [-0.39, 0.29) is 6.54 Å². The zero-order valence-corrected chi connectivity index (χ0v) is 17.7. The van der Waals surface area contributed by atoms with Crippen molar-refractivity contribution in [2.75, 3.05) is 12.8 Å². The van der Waals surface area contributed by atoms with Gasteiger partial charge in [-0.15, -0.1) is 0 Å². The number of nitrogens with zero attached hydrogens (tertiary/aromatic N) is 2. The van der Waals surface area contributed by atoms with E-state index in [9.17, 15) is 18.0 Å². The predicted molar refractivity (Wildman–Crippen MR) is 111 cm³/mol. The van der Waals surface area contributed by atoms with Crippen LogP contribution in [0.3, 0.4) is 0 Å². The van der Waals surface area contributed by atoms with Crippen LogP contribution in [0.5, 0.6) is 5.75 Å². The molecule has 1 aromatic heterocycles. The van der Waals surface area contributed by atoms with Crippen molar-refractivity contribution in [2.45, 2.75) is 17.7 Å². The molecule has 2 aromatic carbocycles. The van der Waals surface area contributed by atoms with Crippen LogP contribution >= 0.6 is 23.4 Å². The molecular weight excluding hydrogens is 451 g/mol. The van der Waals surface area contributed by atoms with E-state index in [2.05, 4.69) is 15.3 Å². The summed E-state index contributed by atoms with van der Waals surface area (Å²) in [6.07, 6.45) is 3.55. The highest BCUT2D eigenvalue weighted by Gasteiger charge is 2.27. The number of hydrogen-bond donors (Lipinski definition) is 1. The van der Waals surface area contributed by atoms with Gasteiger partial charge in [-0.05, 0) is 30.5 Å². The second-order valence-electron chi connectivity index (χ2n) is 6.78. The zero-order chi connectivity index (χ0) is 22.1. The number of rotatable bonds is 5. The number of hydrogen-bond acceptors (Lipinski definition) is 5. The van der Waals surface area contributed by atoms with Gasteiger partial charge in [0.1, 0.15) is 17.7 Å². The van der Waals surface area contributed by atoms with Crippen LogP contribution in [0.2, 0.25) is 5.02 Å². The number of ether oxygens (including phenoxy) is 1. The summed E-state index contributed by atoms with van der Waals surface area (Å²) >= 11 is 7.81. The van der Waals surface area contributed by atoms with Gasteiger partial charge in [0.2, 0.25) is 0 Å². The summed E-state index contributed by atoms with van der Waals surface area (Å²) in [5.74, 6) is -4.17. The van der Waals surface area contributed by atoms with Crippen molar-refractivity contribution in [1.29, 1.82) is 0 Å². The SMILES string of the molecule is CSc1nccc(-c2cc(Cl)c3c(c2)CC(CNC(=O)c2cc(F)c(F)cc2F)O3)n1. The Balaban J connectivity index is 1.47. The molecule has 0 bridgehead atoms. The van der Waals surface area contributed by atoms with Crippen LogP contribution in [0.4, 0.5) is 13.2 Å². The molecule has 160 valence electrons. The summed E-state index contributed by atoms with van der Waals surface area (Å²) in [7, 11) is 0. The molecule has 1 atom stereocenters. The van der Waals surface area contributed by atoms with E-state index in [0.29, 0.717) is 34.5 Å². The van der Waals surface area contributed by atoms with Crippen LogP contribution in [-0.2, 0) is 6.42 Å². The van der Waals surface area contributed by atoms with Gasteiger partial charge < -0.3 is 10.1 Å². The Morgan fingerprint density at radius 3 is 2.77 bits per heavy atom. The molecule has 1 amide bonds. The van der Waals surface area contributed by atoms with Crippen molar-refractivity contribution in [3.8, 4) is 17.0 Å². The van der Waals surface area contributed by atoms with Gasteiger partial charge in [0.25, 0.3) is 5.91 Å². The van der Waals surface area contributed by atoms with Crippen molar-refractivity contribution in [3.05, 3.63) is 70.1 Å². The molecular formula is C21H15ClF3N3O2S. The van der Waals surface area contributed by atoms with Gasteiger partial charge in [-0.25, -0.2) is 23.1 Å². The molecule has 0 spiro atoms. The van der Waals surface area contributed by atoms with Crippen molar-refractivity contribution in [2.24, 2.45) is 0 Å². The van der Waals surface area contributed by atoms with Gasteiger partial charge >= 0.3 is 0 Å². The first kappa shape index (κ1) is 21.5. The fourth-order valence-electron chi connectivity index (χ4n) is 3.25. The van der Waals surface area contributed by atoms with Crippen LogP contribution in [0.1, 0.15) is 15.9 Å². The maximum atomic E-state index is 13.8. The number of carbonyl (C=O) groups excluding carboxylic acids is 1. The minimum absolute atomic E-state index is 0.0295. The second kappa shape index (κ2) is 8.76. The molecule has 1 aliphatic heterocycles. The molecule has 31 heavy (non-hydrogen) atoms. The molecule has 0 saturated carbocycles. The summed E-state index contributed by atoms with van der Waals surface area (Å²) in [6.45, 7) is 0.0295. The number of carbonyl (C=O) groups is 1. The minimum atomic E-state index is -1.36. The van der Waals surface area contributed by atoms with Crippen LogP contribution in [0.15, 0.2) is 41.7 Å². The minimum Gasteiger partial charge on any atom is -0.486 e. The van der Waals surface area contributed by atoms with Crippen LogP contribution in [0.25, 0.3) is 11.3 Å². The first-order chi connectivity index (χ1) is 14.9. The van der Waals surface area contributed by atoms with Crippen molar-refractivity contribution in [1.82, 2.24) is 15.3 Å². The van der Waals surface area contributed by atoms with Gasteiger partial charge in [-0.1, -0.05) is 23.4 Å². The Bertz CT molecular complexity index is 1180. The lowest BCUT2D eigenvalue weighted by Gasteiger charge is -2.13. The van der Waals surface area contributed by atoms with E-state index in [1.807, 2.05) is 12.3 Å². The number of halogens is 4. The molecule has 0 saturated heterocycles. The lowest BCUT2D eigenvalue weighted by Crippen LogP contribution is -2.35. The number of nitrogens with one attached hydrogen (secondary N) is 1. The van der Waals surface area contributed by atoms with Crippen molar-refractivity contribution in [3.63, 3.8) is 0 Å². The van der Waals surface area contributed by atoms with E-state index in [0.717, 1.165) is 16.8 Å². The first-order valence-electron chi connectivity index (χ1n) is 9.15. The molecule has 0 fully saturated rings. The number of thioether (sulfide) groups is 1. The fraction of sp³-hybridized carbons (Fsp3) is 0.190. The third kappa shape index (κ3) is 4.47. The monoisotopic (exact) mass is 465 g/mol. The Hall–Kier alpha value is -2.78. The maximum absolute atomic E-state index is 13.8. The summed E-state index contributed by atoms with van der Waals surface area (Å²) in [5, 5.41) is 3.52. The molecule has 1 unspecified atom stereocenters. The Morgan fingerprint density at radius 2 is 2.00 bits per heavy atom. The highest BCUT2D eigenvalue weighted by atomic mass is 35.5.